The van der Waals surface area contributed by atoms with Crippen molar-refractivity contribution in [1.82, 2.24) is 15.1 Å². The van der Waals surface area contributed by atoms with Gasteiger partial charge < -0.3 is 24.6 Å². The Morgan fingerprint density at radius 2 is 2.09 bits per heavy atom. The van der Waals surface area contributed by atoms with Crippen molar-refractivity contribution >= 4 is 39.1 Å². The van der Waals surface area contributed by atoms with Crippen molar-refractivity contribution in [2.45, 2.75) is 13.0 Å². The number of nitrogens with one attached hydrogen (secondary N) is 1. The minimum Gasteiger partial charge on any atom is -0.491 e. The number of benzene rings is 2. The number of para-hydroxylation sites is 1. The number of hydrogen-bond donors (Lipinski definition) is 2. The second kappa shape index (κ2) is 8.93. The smallest absolute Gasteiger partial charge is 0.261 e. The summed E-state index contributed by atoms with van der Waals surface area (Å²) in [6, 6.07) is 14.4. The molecule has 3 heterocycles. The maximum atomic E-state index is 12.7. The van der Waals surface area contributed by atoms with Gasteiger partial charge in [-0.2, -0.15) is 5.10 Å². The Balaban J connectivity index is 1.22. The molecule has 0 fully saturated rings. The maximum Gasteiger partial charge on any atom is 0.261 e. The van der Waals surface area contributed by atoms with Crippen LogP contribution in [0.2, 0.25) is 5.02 Å². The molecule has 10 heteroatoms. The second-order valence-corrected chi connectivity index (χ2v) is 8.91. The summed E-state index contributed by atoms with van der Waals surface area (Å²) in [7, 11) is 0. The molecular formula is C23H20ClN3O5S. The lowest BCUT2D eigenvalue weighted by molar-refractivity contribution is 0.0846. The van der Waals surface area contributed by atoms with Crippen molar-refractivity contribution < 1.29 is 24.1 Å². The predicted molar refractivity (Wildman–Crippen MR) is 125 cm³/mol. The molecule has 33 heavy (non-hydrogen) atoms. The van der Waals surface area contributed by atoms with Gasteiger partial charge in [0.15, 0.2) is 11.5 Å². The Hall–Kier alpha value is -3.27. The van der Waals surface area contributed by atoms with E-state index in [1.165, 1.54) is 11.3 Å². The van der Waals surface area contributed by atoms with Gasteiger partial charge in [0.1, 0.15) is 23.3 Å². The van der Waals surface area contributed by atoms with E-state index in [1.807, 2.05) is 25.1 Å². The van der Waals surface area contributed by atoms with E-state index in [-0.39, 0.29) is 25.9 Å². The molecule has 0 bridgehead atoms. The largest absolute Gasteiger partial charge is 0.491 e. The summed E-state index contributed by atoms with van der Waals surface area (Å²) < 4.78 is 17.9. The molecule has 0 spiro atoms. The first-order valence-electron chi connectivity index (χ1n) is 10.2. The van der Waals surface area contributed by atoms with Crippen LogP contribution in [0.3, 0.4) is 0 Å². The van der Waals surface area contributed by atoms with Crippen molar-refractivity contribution in [1.29, 1.82) is 0 Å². The average Bonchev–Trinajstić information content (AvgIpc) is 3.53. The monoisotopic (exact) mass is 485 g/mol. The fraction of sp³-hybridized carbons (Fsp3) is 0.217. The lowest BCUT2D eigenvalue weighted by Gasteiger charge is -2.13. The minimum absolute atomic E-state index is 0.0207. The summed E-state index contributed by atoms with van der Waals surface area (Å²) in [4.78, 5) is 14.1. The molecule has 0 radical (unpaired) electrons. The van der Waals surface area contributed by atoms with Crippen LogP contribution in [0.5, 0.6) is 17.2 Å². The van der Waals surface area contributed by atoms with Crippen molar-refractivity contribution in [3.63, 3.8) is 0 Å². The van der Waals surface area contributed by atoms with Gasteiger partial charge in [-0.15, -0.1) is 11.3 Å². The third kappa shape index (κ3) is 4.35. The van der Waals surface area contributed by atoms with Gasteiger partial charge >= 0.3 is 0 Å². The van der Waals surface area contributed by atoms with Crippen LogP contribution in [-0.4, -0.2) is 46.8 Å². The van der Waals surface area contributed by atoms with Crippen LogP contribution in [0.4, 0.5) is 0 Å². The predicted octanol–water partition coefficient (Wildman–Crippen LogP) is 3.95. The molecule has 1 amide bonds. The van der Waals surface area contributed by atoms with Crippen molar-refractivity contribution in [3.05, 3.63) is 64.1 Å². The van der Waals surface area contributed by atoms with Crippen LogP contribution in [-0.2, 0) is 0 Å². The first-order valence-corrected chi connectivity index (χ1v) is 11.4. The van der Waals surface area contributed by atoms with E-state index >= 15 is 0 Å². The van der Waals surface area contributed by atoms with Gasteiger partial charge in [0.2, 0.25) is 6.79 Å². The van der Waals surface area contributed by atoms with Crippen molar-refractivity contribution in [2.75, 3.05) is 19.9 Å². The fourth-order valence-electron chi connectivity index (χ4n) is 3.46. The van der Waals surface area contributed by atoms with E-state index in [0.717, 1.165) is 21.6 Å². The number of thiophene rings is 1. The number of aliphatic hydroxyl groups excluding tert-OH is 1. The minimum atomic E-state index is -0.880. The molecular weight excluding hydrogens is 466 g/mol. The van der Waals surface area contributed by atoms with Gasteiger partial charge in [0, 0.05) is 18.0 Å². The zero-order chi connectivity index (χ0) is 22.9. The summed E-state index contributed by atoms with van der Waals surface area (Å²) in [5, 5.41) is 19.0. The summed E-state index contributed by atoms with van der Waals surface area (Å²) >= 11 is 7.66. The number of carbonyl (C=O) groups excluding carboxylic acids is 1. The van der Waals surface area contributed by atoms with Crippen LogP contribution in [0.15, 0.2) is 48.5 Å². The molecule has 2 aromatic carbocycles. The highest BCUT2D eigenvalue weighted by Gasteiger charge is 2.19. The van der Waals surface area contributed by atoms with E-state index in [2.05, 4.69) is 10.4 Å². The number of fused-ring (bicyclic) bond motifs is 2. The number of aliphatic hydroxyl groups is 1. The number of ether oxygens (including phenoxy) is 3. The molecule has 0 aliphatic carbocycles. The van der Waals surface area contributed by atoms with E-state index in [1.54, 1.807) is 35.0 Å². The molecule has 2 aromatic heterocycles. The number of aromatic nitrogens is 2. The van der Waals surface area contributed by atoms with E-state index in [4.69, 9.17) is 25.8 Å². The van der Waals surface area contributed by atoms with Gasteiger partial charge in [-0.25, -0.2) is 4.68 Å². The fourth-order valence-corrected chi connectivity index (χ4v) is 4.77. The Labute approximate surface area is 198 Å². The molecule has 1 atom stereocenters. The number of hydrogen-bond acceptors (Lipinski definition) is 7. The van der Waals surface area contributed by atoms with Crippen molar-refractivity contribution in [3.8, 4) is 22.9 Å². The third-order valence-electron chi connectivity index (χ3n) is 5.13. The highest BCUT2D eigenvalue weighted by Crippen LogP contribution is 2.35. The van der Waals surface area contributed by atoms with E-state index in [9.17, 15) is 9.90 Å². The van der Waals surface area contributed by atoms with Gasteiger partial charge in [-0.1, -0.05) is 23.7 Å². The Morgan fingerprint density at radius 3 is 2.94 bits per heavy atom. The van der Waals surface area contributed by atoms with Crippen LogP contribution in [0, 0.1) is 6.92 Å². The first kappa shape index (κ1) is 21.6. The molecule has 0 saturated heterocycles. The number of nitrogens with zero attached hydrogens (tertiary/aromatic N) is 2. The molecule has 1 unspecified atom stereocenters. The Morgan fingerprint density at radius 1 is 1.27 bits per heavy atom. The van der Waals surface area contributed by atoms with Crippen LogP contribution >= 0.6 is 22.9 Å². The number of halogens is 1. The summed E-state index contributed by atoms with van der Waals surface area (Å²) in [6.45, 7) is 2.14. The van der Waals surface area contributed by atoms with Gasteiger partial charge in [0.05, 0.1) is 21.3 Å². The summed E-state index contributed by atoms with van der Waals surface area (Å²) in [5.41, 5.74) is 1.56. The Bertz CT molecular complexity index is 1340. The molecule has 5 rings (SSSR count). The molecule has 4 aromatic rings. The molecule has 1 aliphatic rings. The van der Waals surface area contributed by atoms with Gasteiger partial charge in [-0.3, -0.25) is 4.79 Å². The quantitative estimate of drug-likeness (QED) is 0.411. The number of carbonyl (C=O) groups is 1. The standard InChI is InChI=1S/C23H20ClN3O5S/c1-13-16-9-21(33-23(16)27(26-13)18-5-3-2-4-17(18)24)22(29)25-10-14(28)11-30-15-6-7-19-20(8-15)32-12-31-19/h2-9,14,28H,10-12H2,1H3,(H,25,29). The topological polar surface area (TPSA) is 94.8 Å². The van der Waals surface area contributed by atoms with E-state index in [0.29, 0.717) is 27.1 Å². The van der Waals surface area contributed by atoms with Crippen LogP contribution in [0.25, 0.3) is 15.9 Å². The number of amides is 1. The van der Waals surface area contributed by atoms with Gasteiger partial charge in [0.25, 0.3) is 5.91 Å². The number of aryl methyl sites for hydroxylation is 1. The van der Waals surface area contributed by atoms with E-state index < -0.39 is 6.10 Å². The van der Waals surface area contributed by atoms with Crippen LogP contribution in [0.1, 0.15) is 15.4 Å². The summed E-state index contributed by atoms with van der Waals surface area (Å²) in [6.07, 6.45) is -0.880. The molecule has 1 aliphatic heterocycles. The van der Waals surface area contributed by atoms with Crippen molar-refractivity contribution in [2.24, 2.45) is 0 Å². The molecule has 2 N–H and O–H groups in total. The summed E-state index contributed by atoms with van der Waals surface area (Å²) in [5.74, 6) is 1.54. The third-order valence-corrected chi connectivity index (χ3v) is 6.56. The highest BCUT2D eigenvalue weighted by atomic mass is 35.5. The average molecular weight is 486 g/mol. The molecule has 8 nitrogen and oxygen atoms in total. The lowest BCUT2D eigenvalue weighted by atomic mass is 10.3. The lowest BCUT2D eigenvalue weighted by Crippen LogP contribution is -2.35. The van der Waals surface area contributed by atoms with Gasteiger partial charge in [-0.05, 0) is 37.3 Å². The zero-order valence-corrected chi connectivity index (χ0v) is 19.2. The second-order valence-electron chi connectivity index (χ2n) is 7.47. The maximum absolute atomic E-state index is 12.7. The first-order chi connectivity index (χ1) is 16.0. The SMILES string of the molecule is Cc1nn(-c2ccccc2Cl)c2sc(C(=O)NCC(O)COc3ccc4c(c3)OCO4)cc12. The Kier molecular flexibility index (Phi) is 5.84. The highest BCUT2D eigenvalue weighted by molar-refractivity contribution is 7.20. The zero-order valence-electron chi connectivity index (χ0n) is 17.6. The number of rotatable bonds is 7. The normalized spacial score (nSPS) is 13.3. The molecule has 170 valence electrons. The molecule has 0 saturated carbocycles. The van der Waals surface area contributed by atoms with Crippen LogP contribution < -0.4 is 19.5 Å².